The van der Waals surface area contributed by atoms with Crippen molar-refractivity contribution < 1.29 is 4.74 Å². The third kappa shape index (κ3) is 3.31. The molecule has 0 saturated carbocycles. The van der Waals surface area contributed by atoms with E-state index in [9.17, 15) is 0 Å². The number of fused-ring (bicyclic) bond motifs is 3. The predicted octanol–water partition coefficient (Wildman–Crippen LogP) is 5.96. The third-order valence-electron chi connectivity index (χ3n) is 5.83. The van der Waals surface area contributed by atoms with E-state index in [1.165, 1.54) is 5.56 Å². The lowest BCUT2D eigenvalue weighted by molar-refractivity contribution is -0.0190. The summed E-state index contributed by atoms with van der Waals surface area (Å²) in [4.78, 5) is 2.09. The van der Waals surface area contributed by atoms with Crippen molar-refractivity contribution in [2.75, 3.05) is 19.0 Å². The summed E-state index contributed by atoms with van der Waals surface area (Å²) in [5.74, 6) is 0.877. The Hall–Kier alpha value is -2.98. The molecule has 5 heteroatoms. The van der Waals surface area contributed by atoms with Gasteiger partial charge in [0.2, 0.25) is 6.23 Å². The number of ether oxygens (including phenoxy) is 1. The van der Waals surface area contributed by atoms with Crippen LogP contribution < -0.4 is 9.64 Å². The third-order valence-corrected chi connectivity index (χ3v) is 6.07. The normalized spacial score (nSPS) is 19.6. The van der Waals surface area contributed by atoms with Gasteiger partial charge in [0.25, 0.3) is 0 Å². The SMILES string of the molecule is Cc1ccc(C2=NN3[C@@H](C2)c2cc(Cl)ccc2O[C@H]3c2ccc(N(C)C)cc2)cc1. The largest absolute Gasteiger partial charge is 0.464 e. The van der Waals surface area contributed by atoms with E-state index in [-0.39, 0.29) is 12.3 Å². The van der Waals surface area contributed by atoms with Crippen LogP contribution in [-0.2, 0) is 0 Å². The van der Waals surface area contributed by atoms with E-state index < -0.39 is 0 Å². The van der Waals surface area contributed by atoms with E-state index >= 15 is 0 Å². The molecule has 0 amide bonds. The van der Waals surface area contributed by atoms with Crippen molar-refractivity contribution in [1.82, 2.24) is 5.01 Å². The molecule has 3 aromatic carbocycles. The standard InChI is InChI=1S/C25H24ClN3O/c1-16-4-6-17(7-5-16)22-15-23-21-14-19(26)10-13-24(21)30-25(29(23)27-22)18-8-11-20(12-9-18)28(2)3/h4-14,23,25H,15H2,1-3H3/t23-,25-/m0/s1. The van der Waals surface area contributed by atoms with Crippen molar-refractivity contribution in [3.63, 3.8) is 0 Å². The van der Waals surface area contributed by atoms with E-state index in [0.29, 0.717) is 0 Å². The van der Waals surface area contributed by atoms with Crippen molar-refractivity contribution >= 4 is 23.0 Å². The van der Waals surface area contributed by atoms with Gasteiger partial charge in [-0.3, -0.25) is 0 Å². The maximum Gasteiger partial charge on any atom is 0.213 e. The molecule has 0 aliphatic carbocycles. The molecule has 5 rings (SSSR count). The Morgan fingerprint density at radius 1 is 1.00 bits per heavy atom. The zero-order valence-corrected chi connectivity index (χ0v) is 18.1. The van der Waals surface area contributed by atoms with Crippen LogP contribution in [0.4, 0.5) is 5.69 Å². The van der Waals surface area contributed by atoms with Gasteiger partial charge in [-0.05, 0) is 42.8 Å². The first-order valence-corrected chi connectivity index (χ1v) is 10.5. The molecule has 0 spiro atoms. The summed E-state index contributed by atoms with van der Waals surface area (Å²) in [5, 5.41) is 7.84. The Morgan fingerprint density at radius 3 is 2.43 bits per heavy atom. The molecule has 30 heavy (non-hydrogen) atoms. The number of aryl methyl sites for hydroxylation is 1. The first-order valence-electron chi connectivity index (χ1n) is 10.2. The lowest BCUT2D eigenvalue weighted by atomic mass is 9.95. The molecule has 152 valence electrons. The first-order chi connectivity index (χ1) is 14.5. The molecule has 0 bridgehead atoms. The molecule has 3 aromatic rings. The van der Waals surface area contributed by atoms with Crippen LogP contribution >= 0.6 is 11.6 Å². The number of hydrogen-bond donors (Lipinski definition) is 0. The van der Waals surface area contributed by atoms with E-state index in [1.807, 2.05) is 32.3 Å². The molecule has 2 atom stereocenters. The van der Waals surface area contributed by atoms with Gasteiger partial charge >= 0.3 is 0 Å². The van der Waals surface area contributed by atoms with Crippen LogP contribution in [0.25, 0.3) is 0 Å². The minimum atomic E-state index is -0.275. The average molecular weight is 418 g/mol. The minimum Gasteiger partial charge on any atom is -0.464 e. The Labute approximate surface area is 182 Å². The summed E-state index contributed by atoms with van der Waals surface area (Å²) in [6.45, 7) is 2.10. The minimum absolute atomic E-state index is 0.0993. The summed E-state index contributed by atoms with van der Waals surface area (Å²) >= 11 is 6.32. The van der Waals surface area contributed by atoms with Gasteiger partial charge in [0.1, 0.15) is 5.75 Å². The van der Waals surface area contributed by atoms with E-state index in [2.05, 4.69) is 65.4 Å². The Kier molecular flexibility index (Phi) is 4.67. The van der Waals surface area contributed by atoms with Crippen molar-refractivity contribution in [1.29, 1.82) is 0 Å². The van der Waals surface area contributed by atoms with Crippen molar-refractivity contribution in [2.45, 2.75) is 25.6 Å². The van der Waals surface area contributed by atoms with Gasteiger partial charge in [-0.2, -0.15) is 5.10 Å². The average Bonchev–Trinajstić information content (AvgIpc) is 3.19. The number of nitrogens with zero attached hydrogens (tertiary/aromatic N) is 3. The maximum absolute atomic E-state index is 6.44. The molecule has 2 heterocycles. The second-order valence-corrected chi connectivity index (χ2v) is 8.59. The second kappa shape index (κ2) is 7.37. The van der Waals surface area contributed by atoms with Crippen LogP contribution in [0.1, 0.15) is 40.9 Å². The molecule has 2 aliphatic heterocycles. The number of benzene rings is 3. The monoisotopic (exact) mass is 417 g/mol. The van der Waals surface area contributed by atoms with Gasteiger partial charge in [0.05, 0.1) is 11.8 Å². The van der Waals surface area contributed by atoms with Gasteiger partial charge in [0, 0.05) is 42.4 Å². The molecular weight excluding hydrogens is 394 g/mol. The number of hydrazone groups is 1. The smallest absolute Gasteiger partial charge is 0.213 e. The lowest BCUT2D eigenvalue weighted by Crippen LogP contribution is -2.33. The predicted molar refractivity (Wildman–Crippen MR) is 123 cm³/mol. The Balaban J connectivity index is 1.57. The number of rotatable bonds is 3. The fraction of sp³-hybridized carbons (Fsp3) is 0.240. The fourth-order valence-corrected chi connectivity index (χ4v) is 4.32. The fourth-order valence-electron chi connectivity index (χ4n) is 4.14. The highest BCUT2D eigenvalue weighted by molar-refractivity contribution is 6.30. The molecule has 4 nitrogen and oxygen atoms in total. The maximum atomic E-state index is 6.44. The summed E-state index contributed by atoms with van der Waals surface area (Å²) in [6.07, 6.45) is 0.550. The molecule has 0 fully saturated rings. The van der Waals surface area contributed by atoms with Crippen LogP contribution in [0, 0.1) is 6.92 Å². The van der Waals surface area contributed by atoms with Gasteiger partial charge < -0.3 is 9.64 Å². The number of anilines is 1. The summed E-state index contributed by atoms with van der Waals surface area (Å²) < 4.78 is 6.44. The summed E-state index contributed by atoms with van der Waals surface area (Å²) in [7, 11) is 4.08. The number of hydrogen-bond acceptors (Lipinski definition) is 4. The molecule has 0 saturated heterocycles. The van der Waals surface area contributed by atoms with Crippen LogP contribution in [0.15, 0.2) is 71.8 Å². The molecule has 0 radical (unpaired) electrons. The Morgan fingerprint density at radius 2 is 1.73 bits per heavy atom. The molecule has 2 aliphatic rings. The summed E-state index contributed by atoms with van der Waals surface area (Å²) in [6, 6.07) is 23.0. The quantitative estimate of drug-likeness (QED) is 0.526. The van der Waals surface area contributed by atoms with Crippen molar-refractivity contribution in [2.24, 2.45) is 5.10 Å². The van der Waals surface area contributed by atoms with Crippen LogP contribution in [0.2, 0.25) is 5.02 Å². The molecule has 0 N–H and O–H groups in total. The topological polar surface area (TPSA) is 28.1 Å². The van der Waals surface area contributed by atoms with Crippen molar-refractivity contribution in [3.05, 3.63) is 94.0 Å². The van der Waals surface area contributed by atoms with Gasteiger partial charge in [-0.1, -0.05) is 53.6 Å². The van der Waals surface area contributed by atoms with E-state index in [1.54, 1.807) is 0 Å². The van der Waals surface area contributed by atoms with Crippen molar-refractivity contribution in [3.8, 4) is 5.75 Å². The highest BCUT2D eigenvalue weighted by atomic mass is 35.5. The molecule has 0 unspecified atom stereocenters. The zero-order valence-electron chi connectivity index (χ0n) is 17.3. The number of halogens is 1. The first kappa shape index (κ1) is 19.0. The van der Waals surface area contributed by atoms with E-state index in [4.69, 9.17) is 21.4 Å². The Bertz CT molecular complexity index is 1110. The van der Waals surface area contributed by atoms with Crippen LogP contribution in [-0.4, -0.2) is 24.8 Å². The highest BCUT2D eigenvalue weighted by Gasteiger charge is 2.41. The van der Waals surface area contributed by atoms with Crippen LogP contribution in [0.3, 0.4) is 0 Å². The van der Waals surface area contributed by atoms with Crippen LogP contribution in [0.5, 0.6) is 5.75 Å². The van der Waals surface area contributed by atoms with Gasteiger partial charge in [-0.15, -0.1) is 0 Å². The summed E-state index contributed by atoms with van der Waals surface area (Å²) in [5.41, 5.74) is 6.80. The highest BCUT2D eigenvalue weighted by Crippen LogP contribution is 2.48. The van der Waals surface area contributed by atoms with E-state index in [0.717, 1.165) is 45.3 Å². The van der Waals surface area contributed by atoms with Gasteiger partial charge in [-0.25, -0.2) is 5.01 Å². The zero-order chi connectivity index (χ0) is 20.8. The second-order valence-electron chi connectivity index (χ2n) is 8.15. The molecular formula is C25H24ClN3O. The van der Waals surface area contributed by atoms with Gasteiger partial charge in [0.15, 0.2) is 0 Å². The lowest BCUT2D eigenvalue weighted by Gasteiger charge is -2.38. The molecule has 0 aromatic heterocycles.